The number of benzene rings is 6. The first kappa shape index (κ1) is 50.1. The first-order valence-corrected chi connectivity index (χ1v) is 14.0. The normalized spacial score (nSPS) is 7.96. The quantitative estimate of drug-likeness (QED) is 0.153. The Hall–Kier alpha value is -2.78. The second-order valence-corrected chi connectivity index (χ2v) is 9.27. The van der Waals surface area contributed by atoms with Crippen LogP contribution in [-0.4, -0.2) is 0 Å². The van der Waals surface area contributed by atoms with E-state index in [1.54, 1.807) is 0 Å². The minimum atomic E-state index is 0. The third kappa shape index (κ3) is 32.6. The van der Waals surface area contributed by atoms with Gasteiger partial charge < -0.3 is 24.8 Å². The van der Waals surface area contributed by atoms with Crippen LogP contribution in [0.25, 0.3) is 0 Å². The Kier molecular flexibility index (Phi) is 38.2. The Morgan fingerprint density at radius 2 is 0.391 bits per heavy atom. The summed E-state index contributed by atoms with van der Waals surface area (Å²) in [6.07, 6.45) is 0. The molecular formula is C42H42Cl2Pd2-8. The van der Waals surface area contributed by atoms with E-state index in [1.807, 2.05) is 187 Å². The van der Waals surface area contributed by atoms with Crippen molar-refractivity contribution in [3.63, 3.8) is 0 Å². The van der Waals surface area contributed by atoms with Crippen molar-refractivity contribution >= 4 is 0 Å². The van der Waals surface area contributed by atoms with Gasteiger partial charge in [-0.15, -0.1) is 0 Å². The van der Waals surface area contributed by atoms with Gasteiger partial charge in [0.2, 0.25) is 0 Å². The molecule has 0 aliphatic carbocycles. The summed E-state index contributed by atoms with van der Waals surface area (Å²) in [4.78, 5) is 0. The first-order chi connectivity index (χ1) is 20.4. The first-order valence-electron chi connectivity index (χ1n) is 14.0. The number of hydrogen-bond acceptors (Lipinski definition) is 0. The molecule has 0 heterocycles. The third-order valence-electron chi connectivity index (χ3n) is 5.19. The van der Waals surface area contributed by atoms with E-state index in [0.717, 1.165) is 0 Å². The Morgan fingerprint density at radius 1 is 0.261 bits per heavy atom. The maximum atomic E-state index is 3.03. The predicted molar refractivity (Wildman–Crippen MR) is 180 cm³/mol. The van der Waals surface area contributed by atoms with Crippen molar-refractivity contribution < 1.29 is 65.7 Å². The molecule has 252 valence electrons. The summed E-state index contributed by atoms with van der Waals surface area (Å²) in [5, 5.41) is 0. The average molecular weight is 831 g/mol. The average Bonchev–Trinajstić information content (AvgIpc) is 3.01. The molecule has 0 spiro atoms. The van der Waals surface area contributed by atoms with Crippen molar-refractivity contribution in [3.8, 4) is 0 Å². The molecule has 0 aliphatic heterocycles. The number of aryl methyl sites for hydroxylation is 6. The molecule has 0 bridgehead atoms. The van der Waals surface area contributed by atoms with Crippen molar-refractivity contribution in [2.75, 3.05) is 0 Å². The van der Waals surface area contributed by atoms with Gasteiger partial charge in [0.1, 0.15) is 0 Å². The van der Waals surface area contributed by atoms with Gasteiger partial charge in [-0.1, -0.05) is 41.5 Å². The fraction of sp³-hybridized carbons (Fsp3) is 0.143. The molecule has 0 saturated carbocycles. The van der Waals surface area contributed by atoms with Gasteiger partial charge in [-0.3, -0.25) is 0 Å². The molecule has 4 heteroatoms. The minimum Gasteiger partial charge on any atom is -1.00 e. The molecule has 0 amide bonds. The minimum absolute atomic E-state index is 0. The topological polar surface area (TPSA) is 0 Å². The van der Waals surface area contributed by atoms with Crippen LogP contribution in [0.15, 0.2) is 146 Å². The number of halogens is 2. The smallest absolute Gasteiger partial charge is 0 e. The molecule has 0 nitrogen and oxygen atoms in total. The van der Waals surface area contributed by atoms with Crippen LogP contribution in [-0.2, 0) is 40.8 Å². The van der Waals surface area contributed by atoms with Crippen molar-refractivity contribution in [2.45, 2.75) is 41.5 Å². The van der Waals surface area contributed by atoms with Crippen LogP contribution in [0.4, 0.5) is 0 Å². The third-order valence-corrected chi connectivity index (χ3v) is 5.19. The van der Waals surface area contributed by atoms with Gasteiger partial charge in [0.25, 0.3) is 0 Å². The van der Waals surface area contributed by atoms with E-state index in [9.17, 15) is 0 Å². The molecule has 46 heavy (non-hydrogen) atoms. The van der Waals surface area contributed by atoms with Gasteiger partial charge in [0.05, 0.1) is 0 Å². The van der Waals surface area contributed by atoms with E-state index in [4.69, 9.17) is 0 Å². The SMILES string of the molecule is Cc1[c-]cccc1.Cc1[c-]cccc1.Cc1[c-]cccc1.Cc1[c-]cccc1.Cc1[c-]cccc1.Cc1[c-]cccc1.[Cl-].[Cl-].[Pd].[Pd]. The summed E-state index contributed by atoms with van der Waals surface area (Å²) in [7, 11) is 0. The van der Waals surface area contributed by atoms with E-state index < -0.39 is 0 Å². The van der Waals surface area contributed by atoms with Crippen LogP contribution in [0.5, 0.6) is 0 Å². The Bertz CT molecular complexity index is 1090. The molecule has 0 fully saturated rings. The van der Waals surface area contributed by atoms with Crippen LogP contribution in [0, 0.1) is 77.9 Å². The van der Waals surface area contributed by atoms with Crippen LogP contribution < -0.4 is 24.8 Å². The molecule has 0 aromatic heterocycles. The fourth-order valence-corrected chi connectivity index (χ4v) is 2.90. The zero-order chi connectivity index (χ0) is 30.7. The van der Waals surface area contributed by atoms with Gasteiger partial charge in [-0.05, 0) is 0 Å². The molecule has 0 atom stereocenters. The monoisotopic (exact) mass is 828 g/mol. The van der Waals surface area contributed by atoms with E-state index >= 15 is 0 Å². The zero-order valence-electron chi connectivity index (χ0n) is 27.2. The van der Waals surface area contributed by atoms with Gasteiger partial charge in [-0.25, -0.2) is 0 Å². The second kappa shape index (κ2) is 35.1. The van der Waals surface area contributed by atoms with E-state index in [0.29, 0.717) is 0 Å². The van der Waals surface area contributed by atoms with Crippen molar-refractivity contribution in [2.24, 2.45) is 0 Å². The molecule has 6 aromatic rings. The van der Waals surface area contributed by atoms with Crippen LogP contribution >= 0.6 is 0 Å². The number of rotatable bonds is 0. The van der Waals surface area contributed by atoms with Crippen LogP contribution in [0.1, 0.15) is 33.4 Å². The van der Waals surface area contributed by atoms with Gasteiger partial charge >= 0.3 is 0 Å². The Labute approximate surface area is 320 Å². The van der Waals surface area contributed by atoms with E-state index in [-0.39, 0.29) is 65.7 Å². The summed E-state index contributed by atoms with van der Waals surface area (Å²) in [5.41, 5.74) is 7.18. The molecule has 0 aliphatic rings. The summed E-state index contributed by atoms with van der Waals surface area (Å²) in [6, 6.07) is 65.7. The maximum absolute atomic E-state index is 3.03. The second-order valence-electron chi connectivity index (χ2n) is 9.27. The van der Waals surface area contributed by atoms with Crippen LogP contribution in [0.2, 0.25) is 0 Å². The van der Waals surface area contributed by atoms with Gasteiger partial charge in [0, 0.05) is 40.8 Å². The van der Waals surface area contributed by atoms with Gasteiger partial charge in [0.15, 0.2) is 0 Å². The Balaban J connectivity index is -0.000000226. The molecule has 0 N–H and O–H groups in total. The van der Waals surface area contributed by atoms with Crippen molar-refractivity contribution in [1.82, 2.24) is 0 Å². The van der Waals surface area contributed by atoms with E-state index in [1.165, 1.54) is 33.4 Å². The predicted octanol–water partition coefficient (Wildman–Crippen LogP) is 4.77. The molecule has 6 aromatic carbocycles. The summed E-state index contributed by atoms with van der Waals surface area (Å²) in [6.45, 7) is 12.2. The van der Waals surface area contributed by atoms with Crippen molar-refractivity contribution in [3.05, 3.63) is 215 Å². The van der Waals surface area contributed by atoms with Crippen molar-refractivity contribution in [1.29, 1.82) is 0 Å². The van der Waals surface area contributed by atoms with Gasteiger partial charge in [-0.2, -0.15) is 215 Å². The largest absolute Gasteiger partial charge is 1.00 e. The molecule has 0 saturated heterocycles. The summed E-state index contributed by atoms with van der Waals surface area (Å²) >= 11 is 0. The summed E-state index contributed by atoms with van der Waals surface area (Å²) in [5.74, 6) is 0. The zero-order valence-corrected chi connectivity index (χ0v) is 31.9. The molecule has 0 unspecified atom stereocenters. The maximum Gasteiger partial charge on any atom is 0 e. The fourth-order valence-electron chi connectivity index (χ4n) is 2.90. The standard InChI is InChI=1S/6C7H7.2ClH.2Pd/c6*1-7-5-3-2-4-6-7;;;;/h6*2-5H,1H3;2*1H;;/q6*-1;;;;/p-2. The summed E-state index contributed by atoms with van der Waals surface area (Å²) < 4.78 is 0. The van der Waals surface area contributed by atoms with E-state index in [2.05, 4.69) is 36.4 Å². The number of hydrogen-bond donors (Lipinski definition) is 0. The molecular weight excluding hydrogens is 788 g/mol. The molecule has 6 rings (SSSR count). The molecule has 0 radical (unpaired) electrons. The van der Waals surface area contributed by atoms with Crippen LogP contribution in [0.3, 0.4) is 0 Å². The Morgan fingerprint density at radius 3 is 0.435 bits per heavy atom.